The minimum absolute atomic E-state index is 0.110. The predicted octanol–water partition coefficient (Wildman–Crippen LogP) is 4.11. The van der Waals surface area contributed by atoms with Gasteiger partial charge in [-0.1, -0.05) is 53.9 Å². The van der Waals surface area contributed by atoms with E-state index in [9.17, 15) is 14.4 Å². The Morgan fingerprint density at radius 2 is 1.34 bits per heavy atom. The van der Waals surface area contributed by atoms with Gasteiger partial charge in [-0.3, -0.25) is 9.69 Å². The summed E-state index contributed by atoms with van der Waals surface area (Å²) in [6.45, 7) is 10.9. The zero-order valence-corrected chi connectivity index (χ0v) is 21.5. The maximum absolute atomic E-state index is 13.4. The molecule has 0 heterocycles. The van der Waals surface area contributed by atoms with Crippen LogP contribution in [0.25, 0.3) is 0 Å². The zero-order chi connectivity index (χ0) is 24.7. The number of likely N-dealkylation sites (N-methyl/N-ethyl adjacent to an activating group) is 2. The molecule has 8 nitrogen and oxygen atoms in total. The minimum Gasteiger partial charge on any atom is -0.464 e. The SMILES string of the molecule is CCCCCCOC(=O)C(CC(C)C)N(C)C(=O)C(CC(C)C)N(C)C(=O)OCCOC. The summed E-state index contributed by atoms with van der Waals surface area (Å²) in [6, 6.07) is -1.43. The molecule has 0 fully saturated rings. The first-order valence-corrected chi connectivity index (χ1v) is 11.9. The van der Waals surface area contributed by atoms with Gasteiger partial charge in [0.2, 0.25) is 5.91 Å². The van der Waals surface area contributed by atoms with Gasteiger partial charge in [-0.05, 0) is 31.1 Å². The van der Waals surface area contributed by atoms with Gasteiger partial charge >= 0.3 is 12.1 Å². The van der Waals surface area contributed by atoms with Crippen LogP contribution in [0.4, 0.5) is 4.79 Å². The second-order valence-electron chi connectivity index (χ2n) is 9.19. The molecule has 0 radical (unpaired) electrons. The van der Waals surface area contributed by atoms with E-state index in [2.05, 4.69) is 6.92 Å². The first-order chi connectivity index (χ1) is 15.1. The Hall–Kier alpha value is -1.83. The molecule has 0 saturated heterocycles. The van der Waals surface area contributed by atoms with Crippen molar-refractivity contribution in [2.75, 3.05) is 41.0 Å². The van der Waals surface area contributed by atoms with E-state index in [0.29, 0.717) is 19.4 Å². The monoisotopic (exact) mass is 458 g/mol. The van der Waals surface area contributed by atoms with Gasteiger partial charge in [0.05, 0.1) is 13.2 Å². The molecule has 0 aromatic rings. The molecule has 188 valence electrons. The molecule has 8 heteroatoms. The summed E-state index contributed by atoms with van der Waals surface area (Å²) < 4.78 is 15.6. The zero-order valence-electron chi connectivity index (χ0n) is 21.5. The Bertz CT molecular complexity index is 553. The van der Waals surface area contributed by atoms with E-state index in [-0.39, 0.29) is 36.9 Å². The number of hydrogen-bond donors (Lipinski definition) is 0. The molecule has 2 unspecified atom stereocenters. The van der Waals surface area contributed by atoms with E-state index >= 15 is 0 Å². The fourth-order valence-corrected chi connectivity index (χ4v) is 3.36. The highest BCUT2D eigenvalue weighted by atomic mass is 16.6. The summed E-state index contributed by atoms with van der Waals surface area (Å²) in [6.07, 6.45) is 4.41. The van der Waals surface area contributed by atoms with Gasteiger partial charge in [0.25, 0.3) is 0 Å². The average molecular weight is 459 g/mol. The van der Waals surface area contributed by atoms with Gasteiger partial charge in [0.1, 0.15) is 18.7 Å². The van der Waals surface area contributed by atoms with Crippen molar-refractivity contribution in [3.63, 3.8) is 0 Å². The molecular weight excluding hydrogens is 412 g/mol. The van der Waals surface area contributed by atoms with Gasteiger partial charge in [-0.2, -0.15) is 0 Å². The van der Waals surface area contributed by atoms with Crippen molar-refractivity contribution in [1.82, 2.24) is 9.80 Å². The van der Waals surface area contributed by atoms with Crippen LogP contribution in [0, 0.1) is 11.8 Å². The summed E-state index contributed by atoms with van der Waals surface area (Å²) in [5.41, 5.74) is 0. The molecule has 0 saturated carbocycles. The molecule has 0 aliphatic rings. The summed E-state index contributed by atoms with van der Waals surface area (Å²) in [5, 5.41) is 0. The van der Waals surface area contributed by atoms with Crippen molar-refractivity contribution < 1.29 is 28.6 Å². The van der Waals surface area contributed by atoms with Gasteiger partial charge in [-0.25, -0.2) is 9.59 Å². The van der Waals surface area contributed by atoms with Gasteiger partial charge in [0.15, 0.2) is 0 Å². The van der Waals surface area contributed by atoms with Crippen molar-refractivity contribution >= 4 is 18.0 Å². The Kier molecular flexibility index (Phi) is 15.8. The highest BCUT2D eigenvalue weighted by molar-refractivity contribution is 5.89. The Morgan fingerprint density at radius 3 is 1.88 bits per heavy atom. The van der Waals surface area contributed by atoms with Crippen molar-refractivity contribution in [2.45, 2.75) is 85.2 Å². The molecule has 0 N–H and O–H groups in total. The number of esters is 1. The molecular formula is C24H46N2O6. The van der Waals surface area contributed by atoms with Gasteiger partial charge in [0, 0.05) is 21.2 Å². The van der Waals surface area contributed by atoms with E-state index in [1.54, 1.807) is 14.1 Å². The summed E-state index contributed by atoms with van der Waals surface area (Å²) >= 11 is 0. The van der Waals surface area contributed by atoms with Crippen LogP contribution in [0.1, 0.15) is 73.1 Å². The normalized spacial score (nSPS) is 13.1. The summed E-state index contributed by atoms with van der Waals surface area (Å²) in [4.78, 5) is 41.5. The largest absolute Gasteiger partial charge is 0.464 e. The number of ether oxygens (including phenoxy) is 3. The molecule has 2 atom stereocenters. The van der Waals surface area contributed by atoms with Gasteiger partial charge < -0.3 is 19.1 Å². The third-order valence-corrected chi connectivity index (χ3v) is 5.27. The smallest absolute Gasteiger partial charge is 0.410 e. The maximum Gasteiger partial charge on any atom is 0.410 e. The Labute approximate surface area is 194 Å². The van der Waals surface area contributed by atoms with Crippen LogP contribution >= 0.6 is 0 Å². The number of unbranched alkanes of at least 4 members (excludes halogenated alkanes) is 3. The number of nitrogens with zero attached hydrogens (tertiary/aromatic N) is 2. The van der Waals surface area contributed by atoms with Crippen molar-refractivity contribution in [2.24, 2.45) is 11.8 Å². The molecule has 2 amide bonds. The highest BCUT2D eigenvalue weighted by Gasteiger charge is 2.36. The summed E-state index contributed by atoms with van der Waals surface area (Å²) in [5.74, 6) is -0.318. The Morgan fingerprint density at radius 1 is 0.750 bits per heavy atom. The van der Waals surface area contributed by atoms with Crippen molar-refractivity contribution in [3.8, 4) is 0 Å². The van der Waals surface area contributed by atoms with Crippen LogP contribution in [0.15, 0.2) is 0 Å². The highest BCUT2D eigenvalue weighted by Crippen LogP contribution is 2.19. The van der Waals surface area contributed by atoms with Crippen molar-refractivity contribution in [3.05, 3.63) is 0 Å². The fraction of sp³-hybridized carbons (Fsp3) is 0.875. The van der Waals surface area contributed by atoms with Crippen LogP contribution in [-0.4, -0.2) is 80.9 Å². The number of hydrogen-bond acceptors (Lipinski definition) is 6. The van der Waals surface area contributed by atoms with E-state index in [0.717, 1.165) is 25.7 Å². The number of carbonyl (C=O) groups is 3. The molecule has 0 aromatic heterocycles. The third kappa shape index (κ3) is 11.7. The fourth-order valence-electron chi connectivity index (χ4n) is 3.36. The number of methoxy groups -OCH3 is 1. The number of amides is 2. The molecule has 32 heavy (non-hydrogen) atoms. The van der Waals surface area contributed by atoms with Crippen LogP contribution in [0.5, 0.6) is 0 Å². The molecule has 0 bridgehead atoms. The lowest BCUT2D eigenvalue weighted by atomic mass is 9.98. The van der Waals surface area contributed by atoms with E-state index in [1.807, 2.05) is 27.7 Å². The van der Waals surface area contributed by atoms with Crippen LogP contribution in [0.3, 0.4) is 0 Å². The molecule has 0 aliphatic heterocycles. The molecule has 0 spiro atoms. The van der Waals surface area contributed by atoms with Gasteiger partial charge in [-0.15, -0.1) is 0 Å². The quantitative estimate of drug-likeness (QED) is 0.256. The van der Waals surface area contributed by atoms with E-state index in [4.69, 9.17) is 14.2 Å². The predicted molar refractivity (Wildman–Crippen MR) is 125 cm³/mol. The van der Waals surface area contributed by atoms with E-state index < -0.39 is 18.2 Å². The number of rotatable bonds is 16. The molecule has 0 rings (SSSR count). The Balaban J connectivity index is 5.38. The second kappa shape index (κ2) is 16.8. The van der Waals surface area contributed by atoms with E-state index in [1.165, 1.54) is 16.9 Å². The molecule has 0 aromatic carbocycles. The number of carbonyl (C=O) groups excluding carboxylic acids is 3. The summed E-state index contributed by atoms with van der Waals surface area (Å²) in [7, 11) is 4.69. The average Bonchev–Trinajstić information content (AvgIpc) is 2.73. The lowest BCUT2D eigenvalue weighted by Crippen LogP contribution is -2.54. The van der Waals surface area contributed by atoms with Crippen LogP contribution in [0.2, 0.25) is 0 Å². The lowest BCUT2D eigenvalue weighted by molar-refractivity contribution is -0.156. The first-order valence-electron chi connectivity index (χ1n) is 11.9. The maximum atomic E-state index is 13.4. The van der Waals surface area contributed by atoms with Crippen LogP contribution < -0.4 is 0 Å². The topological polar surface area (TPSA) is 85.4 Å². The first kappa shape index (κ1) is 30.2. The second-order valence-corrected chi connectivity index (χ2v) is 9.19. The third-order valence-electron chi connectivity index (χ3n) is 5.27. The minimum atomic E-state index is -0.734. The molecule has 0 aliphatic carbocycles. The lowest BCUT2D eigenvalue weighted by Gasteiger charge is -2.34. The standard InChI is InChI=1S/C24H46N2O6/c1-9-10-11-12-13-31-23(28)21(17-19(4)5)25(6)22(27)20(16-18(2)3)26(7)24(29)32-15-14-30-8/h18-21H,9-17H2,1-8H3. The van der Waals surface area contributed by atoms with Crippen molar-refractivity contribution in [1.29, 1.82) is 0 Å². The van der Waals surface area contributed by atoms with Crippen LogP contribution in [-0.2, 0) is 23.8 Å².